The predicted molar refractivity (Wildman–Crippen MR) is 101 cm³/mol. The maximum atomic E-state index is 10.6. The second-order valence-corrected chi connectivity index (χ2v) is 8.53. The van der Waals surface area contributed by atoms with E-state index < -0.39 is 112 Å². The van der Waals surface area contributed by atoms with Crippen molar-refractivity contribution in [2.24, 2.45) is 0 Å². The molecular weight excluding hydrogens is 472 g/mol. The largest absolute Gasteiger partial charge is 0.394 e. The fraction of sp³-hybridized carbons (Fsp3) is 1.00. The zero-order valence-electron chi connectivity index (χ0n) is 17.9. The van der Waals surface area contributed by atoms with Crippen LogP contribution in [0, 0.1) is 0 Å². The highest BCUT2D eigenvalue weighted by Gasteiger charge is 2.62. The van der Waals surface area contributed by atoms with Crippen LogP contribution < -0.4 is 0 Å². The molecule has 12 atom stereocenters. The van der Waals surface area contributed by atoms with Crippen LogP contribution in [-0.2, 0) is 23.7 Å². The first-order chi connectivity index (χ1) is 15.9. The fourth-order valence-electron chi connectivity index (χ4n) is 4.17. The molecule has 0 bridgehead atoms. The SMILES string of the molecule is OC[C@H]1O[C@](CO)(OC[C@]2(OC[C@]3(O)O[C@H](CO)[C@H](O)C3O)O[C@H](CO)[C@H](O)C2O)C(O)[C@H]1O. The van der Waals surface area contributed by atoms with Gasteiger partial charge in [0.05, 0.1) is 19.8 Å². The Morgan fingerprint density at radius 1 is 0.559 bits per heavy atom. The highest BCUT2D eigenvalue weighted by atomic mass is 16.8. The molecule has 0 saturated carbocycles. The molecule has 11 N–H and O–H groups in total. The van der Waals surface area contributed by atoms with Gasteiger partial charge in [-0.25, -0.2) is 0 Å². The van der Waals surface area contributed by atoms with Crippen molar-refractivity contribution in [2.75, 3.05) is 39.6 Å². The minimum atomic E-state index is -2.61. The van der Waals surface area contributed by atoms with E-state index >= 15 is 0 Å². The van der Waals surface area contributed by atoms with Crippen molar-refractivity contribution >= 4 is 0 Å². The van der Waals surface area contributed by atoms with E-state index in [0.717, 1.165) is 0 Å². The van der Waals surface area contributed by atoms with Gasteiger partial charge in [-0.2, -0.15) is 0 Å². The summed E-state index contributed by atoms with van der Waals surface area (Å²) in [6.07, 6.45) is -15.1. The Balaban J connectivity index is 1.82. The first-order valence-electron chi connectivity index (χ1n) is 10.5. The summed E-state index contributed by atoms with van der Waals surface area (Å²) in [6, 6.07) is 0. The summed E-state index contributed by atoms with van der Waals surface area (Å²) in [5, 5.41) is 109. The first-order valence-corrected chi connectivity index (χ1v) is 10.5. The third-order valence-electron chi connectivity index (χ3n) is 6.34. The van der Waals surface area contributed by atoms with E-state index in [9.17, 15) is 56.2 Å². The van der Waals surface area contributed by atoms with E-state index in [1.165, 1.54) is 0 Å². The van der Waals surface area contributed by atoms with E-state index in [4.69, 9.17) is 23.7 Å². The summed E-state index contributed by atoms with van der Waals surface area (Å²) in [4.78, 5) is 0. The number of aliphatic hydroxyl groups is 11. The number of hydrogen-bond donors (Lipinski definition) is 11. The van der Waals surface area contributed by atoms with Crippen LogP contribution in [0.4, 0.5) is 0 Å². The Morgan fingerprint density at radius 3 is 1.41 bits per heavy atom. The lowest BCUT2D eigenvalue weighted by atomic mass is 10.0. The summed E-state index contributed by atoms with van der Waals surface area (Å²) in [5.74, 6) is -7.37. The first kappa shape index (κ1) is 27.9. The van der Waals surface area contributed by atoms with Crippen molar-refractivity contribution in [3.05, 3.63) is 0 Å². The molecule has 3 saturated heterocycles. The molecule has 3 rings (SSSR count). The van der Waals surface area contributed by atoms with E-state index in [0.29, 0.717) is 0 Å². The number of ether oxygens (including phenoxy) is 5. The van der Waals surface area contributed by atoms with Gasteiger partial charge in [0, 0.05) is 0 Å². The second kappa shape index (κ2) is 10.4. The number of hydrogen-bond acceptors (Lipinski definition) is 16. The average molecular weight is 504 g/mol. The van der Waals surface area contributed by atoms with Gasteiger partial charge in [0.2, 0.25) is 17.4 Å². The van der Waals surface area contributed by atoms with Gasteiger partial charge in [-0.3, -0.25) is 0 Å². The highest BCUT2D eigenvalue weighted by Crippen LogP contribution is 2.39. The molecule has 0 spiro atoms. The van der Waals surface area contributed by atoms with Crippen molar-refractivity contribution in [1.29, 1.82) is 0 Å². The van der Waals surface area contributed by atoms with Gasteiger partial charge >= 0.3 is 0 Å². The Labute approximate surface area is 192 Å². The van der Waals surface area contributed by atoms with Crippen molar-refractivity contribution in [3.63, 3.8) is 0 Å². The Bertz CT molecular complexity index is 684. The minimum absolute atomic E-state index is 0.744. The highest BCUT2D eigenvalue weighted by molar-refractivity contribution is 5.02. The van der Waals surface area contributed by atoms with Crippen LogP contribution >= 0.6 is 0 Å². The number of aliphatic hydroxyl groups excluding tert-OH is 10. The molecule has 3 fully saturated rings. The average Bonchev–Trinajstić information content (AvgIpc) is 3.33. The molecule has 34 heavy (non-hydrogen) atoms. The lowest BCUT2D eigenvalue weighted by Crippen LogP contribution is -2.57. The van der Waals surface area contributed by atoms with Crippen LogP contribution in [0.2, 0.25) is 0 Å². The lowest BCUT2D eigenvalue weighted by molar-refractivity contribution is -0.359. The molecule has 0 amide bonds. The normalized spacial score (nSPS) is 51.4. The topological polar surface area (TPSA) is 269 Å². The molecule has 0 aromatic carbocycles. The Hall–Kier alpha value is -0.640. The zero-order valence-corrected chi connectivity index (χ0v) is 17.9. The quantitative estimate of drug-likeness (QED) is 0.132. The van der Waals surface area contributed by atoms with Crippen LogP contribution in [0.15, 0.2) is 0 Å². The molecule has 3 aliphatic rings. The Kier molecular flexibility index (Phi) is 8.53. The smallest absolute Gasteiger partial charge is 0.222 e. The lowest BCUT2D eigenvalue weighted by Gasteiger charge is -2.38. The van der Waals surface area contributed by atoms with E-state index in [-0.39, 0.29) is 0 Å². The monoisotopic (exact) mass is 504 g/mol. The van der Waals surface area contributed by atoms with Crippen LogP contribution in [0.3, 0.4) is 0 Å². The van der Waals surface area contributed by atoms with Gasteiger partial charge in [-0.05, 0) is 0 Å². The zero-order chi connectivity index (χ0) is 25.5. The molecule has 3 aliphatic heterocycles. The van der Waals surface area contributed by atoms with Crippen molar-refractivity contribution < 1.29 is 79.9 Å². The molecule has 200 valence electrons. The molecule has 0 aromatic heterocycles. The van der Waals surface area contributed by atoms with Crippen LogP contribution in [0.1, 0.15) is 0 Å². The van der Waals surface area contributed by atoms with Gasteiger partial charge in [-0.15, -0.1) is 0 Å². The maximum Gasteiger partial charge on any atom is 0.222 e. The van der Waals surface area contributed by atoms with Gasteiger partial charge in [-0.1, -0.05) is 0 Å². The molecular formula is C18H32O16. The number of rotatable bonds is 10. The molecule has 0 aromatic rings. The fourth-order valence-corrected chi connectivity index (χ4v) is 4.17. The predicted octanol–water partition coefficient (Wildman–Crippen LogP) is -7.57. The molecule has 0 radical (unpaired) electrons. The van der Waals surface area contributed by atoms with Crippen molar-refractivity contribution in [2.45, 2.75) is 72.3 Å². The van der Waals surface area contributed by atoms with Crippen LogP contribution in [0.25, 0.3) is 0 Å². The van der Waals surface area contributed by atoms with E-state index in [1.807, 2.05) is 0 Å². The molecule has 3 unspecified atom stereocenters. The van der Waals surface area contributed by atoms with E-state index in [1.54, 1.807) is 0 Å². The minimum Gasteiger partial charge on any atom is -0.394 e. The molecule has 16 heteroatoms. The van der Waals surface area contributed by atoms with Crippen molar-refractivity contribution in [1.82, 2.24) is 0 Å². The van der Waals surface area contributed by atoms with Gasteiger partial charge in [0.25, 0.3) is 0 Å². The molecule has 0 aliphatic carbocycles. The van der Waals surface area contributed by atoms with Gasteiger partial charge < -0.3 is 79.9 Å². The second-order valence-electron chi connectivity index (χ2n) is 8.53. The van der Waals surface area contributed by atoms with Crippen LogP contribution in [-0.4, -0.2) is 168 Å². The maximum absolute atomic E-state index is 10.6. The van der Waals surface area contributed by atoms with Crippen LogP contribution in [0.5, 0.6) is 0 Å². The summed E-state index contributed by atoms with van der Waals surface area (Å²) >= 11 is 0. The van der Waals surface area contributed by atoms with Gasteiger partial charge in [0.1, 0.15) is 74.8 Å². The standard InChI is InChI=1S/C18H32O16/c19-1-7-10(23)13(26)16(29,32-7)5-30-18(15(28)12(25)9(3-21)34-18)6-31-17(4-22)14(27)11(24)8(2-20)33-17/h7-15,19-29H,1-6H2/t7-,8-,9-,10+,11+,12+,13?,14?,15?,16+,17+,18+/m1/s1. The molecule has 3 heterocycles. The summed E-state index contributed by atoms with van der Waals surface area (Å²) in [5.41, 5.74) is 0. The summed E-state index contributed by atoms with van der Waals surface area (Å²) in [7, 11) is 0. The summed E-state index contributed by atoms with van der Waals surface area (Å²) in [6.45, 7) is -5.33. The third kappa shape index (κ3) is 4.59. The Morgan fingerprint density at radius 2 is 0.971 bits per heavy atom. The van der Waals surface area contributed by atoms with E-state index in [2.05, 4.69) is 0 Å². The molecule has 16 nitrogen and oxygen atoms in total. The van der Waals surface area contributed by atoms with Crippen molar-refractivity contribution in [3.8, 4) is 0 Å². The third-order valence-corrected chi connectivity index (χ3v) is 6.34. The van der Waals surface area contributed by atoms with Gasteiger partial charge in [0.15, 0.2) is 0 Å². The summed E-state index contributed by atoms with van der Waals surface area (Å²) < 4.78 is 26.6.